The number of likely N-dealkylation sites (tertiary alicyclic amines) is 1. The monoisotopic (exact) mass is 336 g/mol. The largest absolute Gasteiger partial charge is 0.467 e. The van der Waals surface area contributed by atoms with Crippen molar-refractivity contribution in [1.29, 1.82) is 0 Å². The second kappa shape index (κ2) is 8.49. The number of hydrogen-bond donors (Lipinski definition) is 3. The van der Waals surface area contributed by atoms with Crippen molar-refractivity contribution in [2.24, 2.45) is 5.92 Å². The van der Waals surface area contributed by atoms with E-state index in [0.717, 1.165) is 5.76 Å². The summed E-state index contributed by atoms with van der Waals surface area (Å²) in [7, 11) is 1.46. The van der Waals surface area contributed by atoms with Gasteiger partial charge < -0.3 is 15.1 Å². The third-order valence-corrected chi connectivity index (χ3v) is 4.31. The molecular formula is C16H24N4O4. The number of piperidine rings is 1. The summed E-state index contributed by atoms with van der Waals surface area (Å²) < 4.78 is 5.19. The van der Waals surface area contributed by atoms with E-state index >= 15 is 0 Å². The first-order chi connectivity index (χ1) is 11.5. The highest BCUT2D eigenvalue weighted by Crippen LogP contribution is 2.19. The van der Waals surface area contributed by atoms with E-state index in [2.05, 4.69) is 16.0 Å². The molecule has 132 valence electrons. The van der Waals surface area contributed by atoms with Crippen molar-refractivity contribution in [2.75, 3.05) is 20.1 Å². The van der Waals surface area contributed by atoms with E-state index in [1.165, 1.54) is 7.05 Å². The maximum absolute atomic E-state index is 12.2. The molecule has 0 aromatic carbocycles. The van der Waals surface area contributed by atoms with Crippen LogP contribution in [0.1, 0.15) is 25.5 Å². The molecule has 2 heterocycles. The lowest BCUT2D eigenvalue weighted by Gasteiger charge is -2.34. The molecule has 1 saturated heterocycles. The van der Waals surface area contributed by atoms with Crippen molar-refractivity contribution in [1.82, 2.24) is 20.9 Å². The maximum Gasteiger partial charge on any atom is 0.321 e. The van der Waals surface area contributed by atoms with Crippen LogP contribution in [0.5, 0.6) is 0 Å². The smallest absolute Gasteiger partial charge is 0.321 e. The SMILES string of the molecule is CNC(=O)NC(=O)C(C)N1CCC(C(=O)NCc2ccco2)CC1. The quantitative estimate of drug-likeness (QED) is 0.724. The maximum atomic E-state index is 12.2. The van der Waals surface area contributed by atoms with E-state index < -0.39 is 12.1 Å². The summed E-state index contributed by atoms with van der Waals surface area (Å²) in [6, 6.07) is 2.68. The number of nitrogens with one attached hydrogen (secondary N) is 3. The van der Waals surface area contributed by atoms with E-state index in [-0.39, 0.29) is 17.7 Å². The summed E-state index contributed by atoms with van der Waals surface area (Å²) in [5.41, 5.74) is 0. The number of rotatable bonds is 5. The van der Waals surface area contributed by atoms with E-state index in [1.807, 2.05) is 11.0 Å². The van der Waals surface area contributed by atoms with Crippen LogP contribution in [0.3, 0.4) is 0 Å². The topological polar surface area (TPSA) is 104 Å². The lowest BCUT2D eigenvalue weighted by Crippen LogP contribution is -2.52. The van der Waals surface area contributed by atoms with Gasteiger partial charge in [0.1, 0.15) is 5.76 Å². The van der Waals surface area contributed by atoms with Gasteiger partial charge in [-0.3, -0.25) is 19.8 Å². The molecule has 0 saturated carbocycles. The minimum absolute atomic E-state index is 0.00788. The number of carbonyl (C=O) groups excluding carboxylic acids is 3. The van der Waals surface area contributed by atoms with Gasteiger partial charge in [0.05, 0.1) is 18.8 Å². The number of nitrogens with zero attached hydrogens (tertiary/aromatic N) is 1. The van der Waals surface area contributed by atoms with Crippen LogP contribution in [0.2, 0.25) is 0 Å². The van der Waals surface area contributed by atoms with Crippen molar-refractivity contribution in [2.45, 2.75) is 32.4 Å². The van der Waals surface area contributed by atoms with Gasteiger partial charge in [-0.25, -0.2) is 4.79 Å². The number of imide groups is 1. The lowest BCUT2D eigenvalue weighted by molar-refractivity contribution is -0.128. The molecule has 1 unspecified atom stereocenters. The molecular weight excluding hydrogens is 312 g/mol. The predicted molar refractivity (Wildman–Crippen MR) is 86.9 cm³/mol. The molecule has 4 amide bonds. The number of furan rings is 1. The van der Waals surface area contributed by atoms with Crippen LogP contribution >= 0.6 is 0 Å². The third kappa shape index (κ3) is 4.82. The summed E-state index contributed by atoms with van der Waals surface area (Å²) in [5.74, 6) is 0.328. The van der Waals surface area contributed by atoms with Gasteiger partial charge in [-0.15, -0.1) is 0 Å². The number of hydrogen-bond acceptors (Lipinski definition) is 5. The van der Waals surface area contributed by atoms with Crippen molar-refractivity contribution in [3.63, 3.8) is 0 Å². The highest BCUT2D eigenvalue weighted by molar-refractivity contribution is 5.96. The van der Waals surface area contributed by atoms with Gasteiger partial charge in [-0.1, -0.05) is 0 Å². The zero-order chi connectivity index (χ0) is 17.5. The molecule has 0 bridgehead atoms. The Labute approximate surface area is 140 Å². The molecule has 0 spiro atoms. The van der Waals surface area contributed by atoms with Gasteiger partial charge in [-0.2, -0.15) is 0 Å². The van der Waals surface area contributed by atoms with Crippen molar-refractivity contribution >= 4 is 17.8 Å². The average Bonchev–Trinajstić information content (AvgIpc) is 3.12. The summed E-state index contributed by atoms with van der Waals surface area (Å²) in [4.78, 5) is 37.3. The summed E-state index contributed by atoms with van der Waals surface area (Å²) in [5, 5.41) is 7.50. The molecule has 1 aromatic rings. The molecule has 1 aliphatic heterocycles. The Morgan fingerprint density at radius 1 is 1.33 bits per heavy atom. The van der Waals surface area contributed by atoms with Crippen LogP contribution in [0, 0.1) is 5.92 Å². The van der Waals surface area contributed by atoms with E-state index in [4.69, 9.17) is 4.42 Å². The Hall–Kier alpha value is -2.35. The first-order valence-electron chi connectivity index (χ1n) is 8.08. The highest BCUT2D eigenvalue weighted by Gasteiger charge is 2.30. The number of urea groups is 1. The highest BCUT2D eigenvalue weighted by atomic mass is 16.3. The molecule has 3 N–H and O–H groups in total. The molecule has 8 nitrogen and oxygen atoms in total. The van der Waals surface area contributed by atoms with E-state index in [1.54, 1.807) is 19.3 Å². The molecule has 2 rings (SSSR count). The fraction of sp³-hybridized carbons (Fsp3) is 0.562. The Bertz CT molecular complexity index is 565. The lowest BCUT2D eigenvalue weighted by atomic mass is 9.95. The zero-order valence-electron chi connectivity index (χ0n) is 14.0. The third-order valence-electron chi connectivity index (χ3n) is 4.31. The fourth-order valence-electron chi connectivity index (χ4n) is 2.73. The predicted octanol–water partition coefficient (Wildman–Crippen LogP) is 0.452. The number of carbonyl (C=O) groups is 3. The van der Waals surface area contributed by atoms with Crippen molar-refractivity contribution in [3.8, 4) is 0 Å². The first-order valence-corrected chi connectivity index (χ1v) is 8.08. The molecule has 0 aliphatic carbocycles. The van der Waals surface area contributed by atoms with Crippen LogP contribution in [0.15, 0.2) is 22.8 Å². The molecule has 1 atom stereocenters. The van der Waals surface area contributed by atoms with Crippen LogP contribution in [-0.4, -0.2) is 48.9 Å². The Balaban J connectivity index is 1.74. The molecule has 1 aromatic heterocycles. The first kappa shape index (κ1) is 18.0. The summed E-state index contributed by atoms with van der Waals surface area (Å²) in [6.45, 7) is 3.43. The minimum Gasteiger partial charge on any atom is -0.467 e. The standard InChI is InChI=1S/C16H24N4O4/c1-11(14(21)19-16(23)17-2)20-7-5-12(6-8-20)15(22)18-10-13-4-3-9-24-13/h3-4,9,11-12H,5-8,10H2,1-2H3,(H,18,22)(H2,17,19,21,23). The van der Waals surface area contributed by atoms with Crippen LogP contribution in [0.4, 0.5) is 4.79 Å². The normalized spacial score (nSPS) is 17.1. The Morgan fingerprint density at radius 2 is 2.04 bits per heavy atom. The van der Waals surface area contributed by atoms with Crippen molar-refractivity contribution in [3.05, 3.63) is 24.2 Å². The molecule has 8 heteroatoms. The molecule has 1 aliphatic rings. The van der Waals surface area contributed by atoms with Crippen molar-refractivity contribution < 1.29 is 18.8 Å². The second-order valence-electron chi connectivity index (χ2n) is 5.85. The van der Waals surface area contributed by atoms with Crippen LogP contribution in [0.25, 0.3) is 0 Å². The van der Waals surface area contributed by atoms with Crippen LogP contribution < -0.4 is 16.0 Å². The average molecular weight is 336 g/mol. The molecule has 1 fully saturated rings. The molecule has 24 heavy (non-hydrogen) atoms. The van der Waals surface area contributed by atoms with Gasteiger partial charge in [0.15, 0.2) is 0 Å². The van der Waals surface area contributed by atoms with Gasteiger partial charge in [0.2, 0.25) is 11.8 Å². The fourth-order valence-corrected chi connectivity index (χ4v) is 2.73. The van der Waals surface area contributed by atoms with Gasteiger partial charge in [0.25, 0.3) is 0 Å². The van der Waals surface area contributed by atoms with Gasteiger partial charge >= 0.3 is 6.03 Å². The molecule has 0 radical (unpaired) electrons. The Kier molecular flexibility index (Phi) is 6.36. The summed E-state index contributed by atoms with van der Waals surface area (Å²) in [6.07, 6.45) is 2.94. The van der Waals surface area contributed by atoms with E-state index in [0.29, 0.717) is 32.5 Å². The second-order valence-corrected chi connectivity index (χ2v) is 5.85. The van der Waals surface area contributed by atoms with Gasteiger partial charge in [-0.05, 0) is 45.0 Å². The Morgan fingerprint density at radius 3 is 2.62 bits per heavy atom. The zero-order valence-corrected chi connectivity index (χ0v) is 14.0. The van der Waals surface area contributed by atoms with E-state index in [9.17, 15) is 14.4 Å². The minimum atomic E-state index is -0.515. The van der Waals surface area contributed by atoms with Crippen LogP contribution in [-0.2, 0) is 16.1 Å². The summed E-state index contributed by atoms with van der Waals surface area (Å²) >= 11 is 0. The van der Waals surface area contributed by atoms with Gasteiger partial charge in [0, 0.05) is 13.0 Å². The number of amides is 4.